The normalized spacial score (nSPS) is 10.6. The minimum Gasteiger partial charge on any atom is -0.493 e. The second kappa shape index (κ2) is 8.01. The Balaban J connectivity index is 1.73. The van der Waals surface area contributed by atoms with E-state index in [1.807, 2.05) is 43.5 Å². The third-order valence-corrected chi connectivity index (χ3v) is 4.43. The van der Waals surface area contributed by atoms with Crippen molar-refractivity contribution in [3.8, 4) is 22.1 Å². The van der Waals surface area contributed by atoms with Crippen molar-refractivity contribution in [2.24, 2.45) is 0 Å². The van der Waals surface area contributed by atoms with Gasteiger partial charge in [0, 0.05) is 28.4 Å². The zero-order chi connectivity index (χ0) is 18.5. The molecule has 3 rings (SSSR count). The van der Waals surface area contributed by atoms with Crippen molar-refractivity contribution in [3.63, 3.8) is 0 Å². The second-order valence-electron chi connectivity index (χ2n) is 5.90. The summed E-state index contributed by atoms with van der Waals surface area (Å²) >= 11 is 1.58. The summed E-state index contributed by atoms with van der Waals surface area (Å²) < 4.78 is 11.0. The fourth-order valence-electron chi connectivity index (χ4n) is 2.43. The molecule has 134 valence electrons. The average molecular weight is 368 g/mol. The third-order valence-electron chi connectivity index (χ3n) is 3.61. The molecule has 1 amide bonds. The standard InChI is InChI=1S/C20H20N2O3S/c1-13(2)25-17-9-6-15(12-18(17)24-3)19(23)22-16-7-4-14(5-8-16)20-21-10-11-26-20/h4-13H,1-3H3,(H,22,23). The van der Waals surface area contributed by atoms with Gasteiger partial charge in [-0.2, -0.15) is 0 Å². The number of nitrogens with one attached hydrogen (secondary N) is 1. The van der Waals surface area contributed by atoms with Crippen molar-refractivity contribution >= 4 is 22.9 Å². The Kier molecular flexibility index (Phi) is 5.53. The third kappa shape index (κ3) is 4.21. The molecule has 0 saturated carbocycles. The maximum Gasteiger partial charge on any atom is 0.255 e. The van der Waals surface area contributed by atoms with Crippen molar-refractivity contribution in [1.29, 1.82) is 0 Å². The van der Waals surface area contributed by atoms with Crippen LogP contribution in [0.15, 0.2) is 54.0 Å². The first-order chi connectivity index (χ1) is 12.6. The van der Waals surface area contributed by atoms with Crippen molar-refractivity contribution in [2.45, 2.75) is 20.0 Å². The van der Waals surface area contributed by atoms with E-state index in [2.05, 4.69) is 10.3 Å². The summed E-state index contributed by atoms with van der Waals surface area (Å²) in [6, 6.07) is 12.8. The van der Waals surface area contributed by atoms with Gasteiger partial charge in [-0.3, -0.25) is 4.79 Å². The van der Waals surface area contributed by atoms with Crippen LogP contribution in [-0.4, -0.2) is 24.1 Å². The molecule has 1 heterocycles. The fraction of sp³-hybridized carbons (Fsp3) is 0.200. The SMILES string of the molecule is COc1cc(C(=O)Nc2ccc(-c3nccs3)cc2)ccc1OC(C)C. The van der Waals surface area contributed by atoms with Crippen LogP contribution in [0.5, 0.6) is 11.5 Å². The Hall–Kier alpha value is -2.86. The van der Waals surface area contributed by atoms with Gasteiger partial charge < -0.3 is 14.8 Å². The Morgan fingerprint density at radius 3 is 2.50 bits per heavy atom. The van der Waals surface area contributed by atoms with Gasteiger partial charge >= 0.3 is 0 Å². The van der Waals surface area contributed by atoms with E-state index in [-0.39, 0.29) is 12.0 Å². The number of carbonyl (C=O) groups is 1. The van der Waals surface area contributed by atoms with E-state index >= 15 is 0 Å². The van der Waals surface area contributed by atoms with Crippen LogP contribution < -0.4 is 14.8 Å². The molecule has 0 aliphatic carbocycles. The van der Waals surface area contributed by atoms with Crippen LogP contribution in [0.2, 0.25) is 0 Å². The lowest BCUT2D eigenvalue weighted by Gasteiger charge is -2.14. The molecule has 5 nitrogen and oxygen atoms in total. The molecule has 0 bridgehead atoms. The van der Waals surface area contributed by atoms with Gasteiger partial charge in [-0.1, -0.05) is 0 Å². The van der Waals surface area contributed by atoms with Crippen LogP contribution in [0, 0.1) is 0 Å². The van der Waals surface area contributed by atoms with E-state index in [9.17, 15) is 4.79 Å². The number of methoxy groups -OCH3 is 1. The Morgan fingerprint density at radius 1 is 1.12 bits per heavy atom. The lowest BCUT2D eigenvalue weighted by atomic mass is 10.1. The Bertz CT molecular complexity index is 875. The first-order valence-corrected chi connectivity index (χ1v) is 9.11. The molecule has 0 atom stereocenters. The van der Waals surface area contributed by atoms with Gasteiger partial charge in [-0.25, -0.2) is 4.98 Å². The van der Waals surface area contributed by atoms with Gasteiger partial charge in [0.2, 0.25) is 0 Å². The molecule has 1 N–H and O–H groups in total. The zero-order valence-corrected chi connectivity index (χ0v) is 15.7. The van der Waals surface area contributed by atoms with Gasteiger partial charge in [0.25, 0.3) is 5.91 Å². The summed E-state index contributed by atoms with van der Waals surface area (Å²) in [5, 5.41) is 5.78. The van der Waals surface area contributed by atoms with Gasteiger partial charge in [0.05, 0.1) is 13.2 Å². The molecule has 26 heavy (non-hydrogen) atoms. The highest BCUT2D eigenvalue weighted by molar-refractivity contribution is 7.13. The number of rotatable bonds is 6. The number of carbonyl (C=O) groups excluding carboxylic acids is 1. The van der Waals surface area contributed by atoms with Crippen LogP contribution >= 0.6 is 11.3 Å². The quantitative estimate of drug-likeness (QED) is 0.675. The highest BCUT2D eigenvalue weighted by Crippen LogP contribution is 2.29. The average Bonchev–Trinajstić information content (AvgIpc) is 3.17. The molecule has 0 radical (unpaired) electrons. The predicted octanol–water partition coefficient (Wildman–Crippen LogP) is 4.86. The topological polar surface area (TPSA) is 60.5 Å². The van der Waals surface area contributed by atoms with Crippen LogP contribution in [0.25, 0.3) is 10.6 Å². The highest BCUT2D eigenvalue weighted by atomic mass is 32.1. The fourth-order valence-corrected chi connectivity index (χ4v) is 3.07. The Morgan fingerprint density at radius 2 is 1.88 bits per heavy atom. The highest BCUT2D eigenvalue weighted by Gasteiger charge is 2.12. The first kappa shape index (κ1) is 17.9. The van der Waals surface area contributed by atoms with E-state index in [1.54, 1.807) is 42.8 Å². The number of anilines is 1. The van der Waals surface area contributed by atoms with Gasteiger partial charge in [0.15, 0.2) is 11.5 Å². The summed E-state index contributed by atoms with van der Waals surface area (Å²) in [4.78, 5) is 16.8. The molecule has 0 aliphatic heterocycles. The monoisotopic (exact) mass is 368 g/mol. The zero-order valence-electron chi connectivity index (χ0n) is 14.9. The van der Waals surface area contributed by atoms with E-state index in [0.29, 0.717) is 17.1 Å². The van der Waals surface area contributed by atoms with Crippen LogP contribution in [0.4, 0.5) is 5.69 Å². The van der Waals surface area contributed by atoms with Crippen molar-refractivity contribution < 1.29 is 14.3 Å². The minimum atomic E-state index is -0.207. The molecule has 6 heteroatoms. The van der Waals surface area contributed by atoms with E-state index in [4.69, 9.17) is 9.47 Å². The molecule has 0 fully saturated rings. The number of thiazole rings is 1. The Labute approximate surface area is 156 Å². The molecule has 2 aromatic carbocycles. The predicted molar refractivity (Wildman–Crippen MR) is 104 cm³/mol. The number of hydrogen-bond acceptors (Lipinski definition) is 5. The summed E-state index contributed by atoms with van der Waals surface area (Å²) in [6.07, 6.45) is 1.80. The first-order valence-electron chi connectivity index (χ1n) is 8.23. The molecule has 3 aromatic rings. The molecule has 1 aromatic heterocycles. The molecule has 0 unspecified atom stereocenters. The lowest BCUT2D eigenvalue weighted by Crippen LogP contribution is -2.12. The number of nitrogens with zero attached hydrogens (tertiary/aromatic N) is 1. The molecular formula is C20H20N2O3S. The summed E-state index contributed by atoms with van der Waals surface area (Å²) in [5.74, 6) is 0.943. The number of hydrogen-bond donors (Lipinski definition) is 1. The van der Waals surface area contributed by atoms with Crippen LogP contribution in [-0.2, 0) is 0 Å². The maximum absolute atomic E-state index is 12.5. The summed E-state index contributed by atoms with van der Waals surface area (Å²) in [6.45, 7) is 3.88. The van der Waals surface area contributed by atoms with Crippen LogP contribution in [0.1, 0.15) is 24.2 Å². The number of benzene rings is 2. The molecule has 0 aliphatic rings. The van der Waals surface area contributed by atoms with Crippen molar-refractivity contribution in [2.75, 3.05) is 12.4 Å². The van der Waals surface area contributed by atoms with Crippen molar-refractivity contribution in [1.82, 2.24) is 4.98 Å². The largest absolute Gasteiger partial charge is 0.493 e. The summed E-state index contributed by atoms with van der Waals surface area (Å²) in [7, 11) is 1.56. The maximum atomic E-state index is 12.5. The lowest BCUT2D eigenvalue weighted by molar-refractivity contribution is 0.102. The van der Waals surface area contributed by atoms with Gasteiger partial charge in [-0.15, -0.1) is 11.3 Å². The number of aromatic nitrogens is 1. The molecule has 0 saturated heterocycles. The van der Waals surface area contributed by atoms with E-state index in [1.165, 1.54) is 0 Å². The van der Waals surface area contributed by atoms with Gasteiger partial charge in [0.1, 0.15) is 5.01 Å². The van der Waals surface area contributed by atoms with E-state index in [0.717, 1.165) is 16.3 Å². The summed E-state index contributed by atoms with van der Waals surface area (Å²) in [5.41, 5.74) is 2.24. The second-order valence-corrected chi connectivity index (χ2v) is 6.80. The smallest absolute Gasteiger partial charge is 0.255 e. The number of ether oxygens (including phenoxy) is 2. The van der Waals surface area contributed by atoms with Crippen molar-refractivity contribution in [3.05, 3.63) is 59.6 Å². The molecule has 0 spiro atoms. The minimum absolute atomic E-state index is 0.0277. The molecular weight excluding hydrogens is 348 g/mol. The van der Waals surface area contributed by atoms with E-state index < -0.39 is 0 Å². The number of amides is 1. The van der Waals surface area contributed by atoms with Gasteiger partial charge in [-0.05, 0) is 56.3 Å². The van der Waals surface area contributed by atoms with Crippen LogP contribution in [0.3, 0.4) is 0 Å².